The van der Waals surface area contributed by atoms with Gasteiger partial charge in [-0.05, 0) is 25.3 Å². The second kappa shape index (κ2) is 7.01. The van der Waals surface area contributed by atoms with Crippen LogP contribution in [0.2, 0.25) is 0 Å². The van der Waals surface area contributed by atoms with E-state index in [0.29, 0.717) is 17.2 Å². The lowest BCUT2D eigenvalue weighted by molar-refractivity contribution is -0.133. The minimum absolute atomic E-state index is 0.317. The number of nitrogens with one attached hydrogen (secondary N) is 1. The van der Waals surface area contributed by atoms with E-state index in [4.69, 9.17) is 0 Å². The normalized spacial score (nSPS) is 18.2. The molecule has 0 aliphatic carbocycles. The average Bonchev–Trinajstić information content (AvgIpc) is 2.44. The molecule has 0 fully saturated rings. The Hall–Kier alpha value is -1.75. The maximum absolute atomic E-state index is 11.6. The van der Waals surface area contributed by atoms with Crippen molar-refractivity contribution in [3.8, 4) is 0 Å². The Bertz CT molecular complexity index is 618. The van der Waals surface area contributed by atoms with E-state index >= 15 is 0 Å². The molecule has 1 atom stereocenters. The van der Waals surface area contributed by atoms with Crippen molar-refractivity contribution in [1.29, 1.82) is 0 Å². The number of carbonyl (C=O) groups is 1. The van der Waals surface area contributed by atoms with Crippen LogP contribution in [0.4, 0.5) is 0 Å². The van der Waals surface area contributed by atoms with Gasteiger partial charge in [0, 0.05) is 11.4 Å². The summed E-state index contributed by atoms with van der Waals surface area (Å²) in [4.78, 5) is 16.3. The Balaban J connectivity index is 2.35. The Labute approximate surface area is 135 Å². The third-order valence-electron chi connectivity index (χ3n) is 3.40. The lowest BCUT2D eigenvalue weighted by Crippen LogP contribution is -2.30. The van der Waals surface area contributed by atoms with Gasteiger partial charge in [0.15, 0.2) is 5.17 Å². The van der Waals surface area contributed by atoms with Gasteiger partial charge in [-0.3, -0.25) is 0 Å². The number of allylic oxidation sites excluding steroid dienone is 1. The molecule has 0 saturated heterocycles. The molecule has 1 aromatic carbocycles. The third-order valence-corrected chi connectivity index (χ3v) is 4.71. The summed E-state index contributed by atoms with van der Waals surface area (Å²) < 4.78 is 0. The zero-order valence-corrected chi connectivity index (χ0v) is 14.2. The lowest BCUT2D eigenvalue weighted by Gasteiger charge is -2.25. The fourth-order valence-electron chi connectivity index (χ4n) is 2.23. The van der Waals surface area contributed by atoms with Crippen LogP contribution >= 0.6 is 11.8 Å². The van der Waals surface area contributed by atoms with Crippen molar-refractivity contribution in [2.75, 3.05) is 5.75 Å². The number of aryl methyl sites for hydroxylation is 1. The Kier molecular flexibility index (Phi) is 5.29. The molecule has 1 aliphatic rings. The fraction of sp³-hybridized carbons (Fsp3) is 0.412. The predicted molar refractivity (Wildman–Crippen MR) is 92.1 cm³/mol. The molecule has 4 nitrogen and oxygen atoms in total. The fourth-order valence-corrected chi connectivity index (χ4v) is 3.13. The summed E-state index contributed by atoms with van der Waals surface area (Å²) in [7, 11) is 0. The summed E-state index contributed by atoms with van der Waals surface area (Å²) in [5.74, 6) is 0.576. The van der Waals surface area contributed by atoms with Crippen molar-refractivity contribution in [2.45, 2.75) is 33.7 Å². The van der Waals surface area contributed by atoms with E-state index in [-0.39, 0.29) is 0 Å². The minimum atomic E-state index is -0.924. The molecule has 0 amide bonds. The maximum atomic E-state index is 11.6. The second-order valence-corrected chi connectivity index (χ2v) is 6.93. The van der Waals surface area contributed by atoms with Crippen LogP contribution in [0.1, 0.15) is 37.9 Å². The molecular formula is C17H22N2O2S. The largest absolute Gasteiger partial charge is 0.478 e. The number of thioether (sulfide) groups is 1. The molecule has 118 valence electrons. The van der Waals surface area contributed by atoms with E-state index in [1.54, 1.807) is 18.7 Å². The van der Waals surface area contributed by atoms with Crippen LogP contribution in [0.25, 0.3) is 0 Å². The minimum Gasteiger partial charge on any atom is -0.478 e. The van der Waals surface area contributed by atoms with Gasteiger partial charge in [-0.25, -0.2) is 9.79 Å². The zero-order chi connectivity index (χ0) is 16.3. The zero-order valence-electron chi connectivity index (χ0n) is 13.4. The standard InChI is InChI=1S/C17H22N2O2S/c1-10(2)9-22-17-18-12(4)14(16(20)21)15(19-17)13-7-5-11(3)6-8-13/h5-8,10,15H,9H2,1-4H3,(H,18,19)(H,20,21). The number of benzene rings is 1. The maximum Gasteiger partial charge on any atom is 0.335 e. The number of amidine groups is 1. The lowest BCUT2D eigenvalue weighted by atomic mass is 9.96. The van der Waals surface area contributed by atoms with Gasteiger partial charge in [-0.15, -0.1) is 0 Å². The summed E-state index contributed by atoms with van der Waals surface area (Å²) in [6, 6.07) is 7.44. The van der Waals surface area contributed by atoms with Gasteiger partial charge in [0.2, 0.25) is 0 Å². The van der Waals surface area contributed by atoms with Crippen molar-refractivity contribution in [1.82, 2.24) is 5.32 Å². The average molecular weight is 318 g/mol. The van der Waals surface area contributed by atoms with Crippen LogP contribution in [-0.2, 0) is 4.79 Å². The first-order valence-corrected chi connectivity index (χ1v) is 8.35. The van der Waals surface area contributed by atoms with Gasteiger partial charge < -0.3 is 10.4 Å². The van der Waals surface area contributed by atoms with Gasteiger partial charge in [0.25, 0.3) is 0 Å². The Morgan fingerprint density at radius 3 is 2.50 bits per heavy atom. The van der Waals surface area contributed by atoms with Crippen molar-refractivity contribution >= 4 is 22.9 Å². The van der Waals surface area contributed by atoms with Crippen LogP contribution < -0.4 is 5.32 Å². The van der Waals surface area contributed by atoms with Crippen molar-refractivity contribution < 1.29 is 9.90 Å². The molecule has 1 heterocycles. The number of carboxylic acid groups (broad SMARTS) is 1. The molecule has 0 aromatic heterocycles. The van der Waals surface area contributed by atoms with Gasteiger partial charge >= 0.3 is 5.97 Å². The topological polar surface area (TPSA) is 61.7 Å². The predicted octanol–water partition coefficient (Wildman–Crippen LogP) is 3.74. The highest BCUT2D eigenvalue weighted by molar-refractivity contribution is 8.13. The molecule has 2 N–H and O–H groups in total. The number of aliphatic imine (C=N–C) groups is 1. The Morgan fingerprint density at radius 1 is 1.32 bits per heavy atom. The molecule has 5 heteroatoms. The van der Waals surface area contributed by atoms with Crippen LogP contribution in [0, 0.1) is 12.8 Å². The van der Waals surface area contributed by atoms with Gasteiger partial charge in [0.1, 0.15) is 6.04 Å². The monoisotopic (exact) mass is 318 g/mol. The first kappa shape index (κ1) is 16.6. The number of carboxylic acids is 1. The van der Waals surface area contributed by atoms with Crippen LogP contribution in [0.3, 0.4) is 0 Å². The van der Waals surface area contributed by atoms with E-state index in [1.807, 2.05) is 31.2 Å². The highest BCUT2D eigenvalue weighted by Gasteiger charge is 2.29. The van der Waals surface area contributed by atoms with Crippen molar-refractivity contribution in [2.24, 2.45) is 10.9 Å². The SMILES string of the molecule is CC1=C(C(=O)O)C(c2ccc(C)cc2)N=C(SCC(C)C)N1. The molecule has 1 aliphatic heterocycles. The van der Waals surface area contributed by atoms with E-state index < -0.39 is 12.0 Å². The van der Waals surface area contributed by atoms with Gasteiger partial charge in [-0.1, -0.05) is 55.4 Å². The first-order chi connectivity index (χ1) is 10.4. The summed E-state index contributed by atoms with van der Waals surface area (Å²) in [6.07, 6.45) is 0. The second-order valence-electron chi connectivity index (χ2n) is 5.92. The van der Waals surface area contributed by atoms with Crippen molar-refractivity contribution in [3.63, 3.8) is 0 Å². The van der Waals surface area contributed by atoms with Crippen LogP contribution in [0.15, 0.2) is 40.5 Å². The van der Waals surface area contributed by atoms with Crippen LogP contribution in [-0.4, -0.2) is 22.0 Å². The summed E-state index contributed by atoms with van der Waals surface area (Å²) >= 11 is 1.64. The molecule has 0 spiro atoms. The number of hydrogen-bond acceptors (Lipinski definition) is 4. The van der Waals surface area contributed by atoms with Gasteiger partial charge in [-0.2, -0.15) is 0 Å². The first-order valence-electron chi connectivity index (χ1n) is 7.36. The number of rotatable bonds is 4. The molecule has 2 rings (SSSR count). The highest BCUT2D eigenvalue weighted by atomic mass is 32.2. The summed E-state index contributed by atoms with van der Waals surface area (Å²) in [6.45, 7) is 8.12. The van der Waals surface area contributed by atoms with E-state index in [0.717, 1.165) is 22.0 Å². The van der Waals surface area contributed by atoms with E-state index in [2.05, 4.69) is 24.2 Å². The van der Waals surface area contributed by atoms with Crippen molar-refractivity contribution in [3.05, 3.63) is 46.7 Å². The molecule has 0 radical (unpaired) electrons. The molecule has 1 unspecified atom stereocenters. The molecular weight excluding hydrogens is 296 g/mol. The van der Waals surface area contributed by atoms with Gasteiger partial charge in [0.05, 0.1) is 5.57 Å². The molecule has 0 saturated carbocycles. The highest BCUT2D eigenvalue weighted by Crippen LogP contribution is 2.32. The Morgan fingerprint density at radius 2 is 1.95 bits per heavy atom. The van der Waals surface area contributed by atoms with E-state index in [9.17, 15) is 9.90 Å². The molecule has 1 aromatic rings. The quantitative estimate of drug-likeness (QED) is 0.887. The number of nitrogens with zero attached hydrogens (tertiary/aromatic N) is 1. The third kappa shape index (κ3) is 3.91. The molecule has 0 bridgehead atoms. The van der Waals surface area contributed by atoms with E-state index in [1.165, 1.54) is 0 Å². The number of aliphatic carboxylic acids is 1. The number of hydrogen-bond donors (Lipinski definition) is 2. The smallest absolute Gasteiger partial charge is 0.335 e. The van der Waals surface area contributed by atoms with Crippen LogP contribution in [0.5, 0.6) is 0 Å². The summed E-state index contributed by atoms with van der Waals surface area (Å²) in [5.41, 5.74) is 3.04. The summed E-state index contributed by atoms with van der Waals surface area (Å²) in [5, 5.41) is 13.4. The molecule has 22 heavy (non-hydrogen) atoms.